The fourth-order valence-corrected chi connectivity index (χ4v) is 2.97. The number of nitrogens with zero attached hydrogens (tertiary/aromatic N) is 3. The standard InChI is InChI=1S/C20H47N7O2/c1-25(2)18-20(28)29-19-27(15-6-12-24-11-3-8-21)17-7-16-26(13-4-9-22)14-5-10-23/h24H,3-19,21-23H2,1-2H3. The van der Waals surface area contributed by atoms with Crippen molar-refractivity contribution in [2.45, 2.75) is 32.1 Å². The zero-order valence-corrected chi connectivity index (χ0v) is 18.9. The zero-order chi connectivity index (χ0) is 21.7. The average Bonchev–Trinajstić information content (AvgIpc) is 2.69. The molecule has 0 unspecified atom stereocenters. The highest BCUT2D eigenvalue weighted by atomic mass is 16.5. The molecule has 0 aliphatic carbocycles. The Bertz CT molecular complexity index is 365. The van der Waals surface area contributed by atoms with E-state index in [0.29, 0.717) is 32.9 Å². The molecule has 0 heterocycles. The van der Waals surface area contributed by atoms with E-state index in [0.717, 1.165) is 77.9 Å². The maximum Gasteiger partial charge on any atom is 0.321 e. The van der Waals surface area contributed by atoms with Gasteiger partial charge in [0.05, 0.1) is 6.54 Å². The van der Waals surface area contributed by atoms with Gasteiger partial charge in [-0.1, -0.05) is 0 Å². The quantitative estimate of drug-likeness (QED) is 0.106. The Morgan fingerprint density at radius 3 is 1.86 bits per heavy atom. The molecule has 0 aliphatic heterocycles. The highest BCUT2D eigenvalue weighted by Gasteiger charge is 2.11. The second-order valence-corrected chi connectivity index (χ2v) is 7.73. The summed E-state index contributed by atoms with van der Waals surface area (Å²) in [5.41, 5.74) is 16.8. The van der Waals surface area contributed by atoms with Crippen LogP contribution in [0, 0.1) is 0 Å². The molecule has 0 aliphatic rings. The molecule has 0 saturated carbocycles. The second-order valence-electron chi connectivity index (χ2n) is 7.73. The molecule has 0 fully saturated rings. The molecule has 0 spiro atoms. The molecule has 9 nitrogen and oxygen atoms in total. The number of rotatable bonds is 21. The molecule has 9 heteroatoms. The number of nitrogens with one attached hydrogen (secondary N) is 1. The molecular weight excluding hydrogens is 370 g/mol. The normalized spacial score (nSPS) is 11.7. The third-order valence-corrected chi connectivity index (χ3v) is 4.54. The van der Waals surface area contributed by atoms with Crippen LogP contribution in [0.4, 0.5) is 0 Å². The topological polar surface area (TPSA) is 126 Å². The van der Waals surface area contributed by atoms with Crippen LogP contribution in [0.15, 0.2) is 0 Å². The maximum absolute atomic E-state index is 11.9. The molecule has 29 heavy (non-hydrogen) atoms. The number of hydrogen-bond acceptors (Lipinski definition) is 9. The van der Waals surface area contributed by atoms with Gasteiger partial charge in [-0.25, -0.2) is 0 Å². The summed E-state index contributed by atoms with van der Waals surface area (Å²) in [4.78, 5) is 18.4. The lowest BCUT2D eigenvalue weighted by Gasteiger charge is -2.26. The summed E-state index contributed by atoms with van der Waals surface area (Å²) in [5, 5.41) is 3.40. The van der Waals surface area contributed by atoms with Crippen LogP contribution in [0.2, 0.25) is 0 Å². The summed E-state index contributed by atoms with van der Waals surface area (Å²) < 4.78 is 5.46. The molecular formula is C20H47N7O2. The third-order valence-electron chi connectivity index (χ3n) is 4.54. The Balaban J connectivity index is 4.35. The van der Waals surface area contributed by atoms with Crippen LogP contribution in [-0.2, 0) is 9.53 Å². The maximum atomic E-state index is 11.9. The number of carbonyl (C=O) groups excluding carboxylic acids is 1. The van der Waals surface area contributed by atoms with Gasteiger partial charge in [-0.3, -0.25) is 14.6 Å². The Labute approximate surface area is 178 Å². The molecule has 0 radical (unpaired) electrons. The molecule has 0 rings (SSSR count). The minimum absolute atomic E-state index is 0.186. The Kier molecular flexibility index (Phi) is 19.9. The number of carbonyl (C=O) groups is 1. The van der Waals surface area contributed by atoms with Gasteiger partial charge in [0.2, 0.25) is 0 Å². The van der Waals surface area contributed by atoms with Crippen LogP contribution in [0.5, 0.6) is 0 Å². The highest BCUT2D eigenvalue weighted by molar-refractivity contribution is 5.71. The van der Waals surface area contributed by atoms with E-state index in [-0.39, 0.29) is 5.97 Å². The highest BCUT2D eigenvalue weighted by Crippen LogP contribution is 2.01. The van der Waals surface area contributed by atoms with Crippen molar-refractivity contribution in [1.82, 2.24) is 20.0 Å². The molecule has 0 amide bonds. The number of likely N-dealkylation sites (N-methyl/N-ethyl adjacent to an activating group) is 1. The van der Waals surface area contributed by atoms with Crippen molar-refractivity contribution in [1.29, 1.82) is 0 Å². The third kappa shape index (κ3) is 18.9. The van der Waals surface area contributed by atoms with Crippen LogP contribution < -0.4 is 22.5 Å². The van der Waals surface area contributed by atoms with Gasteiger partial charge >= 0.3 is 5.97 Å². The van der Waals surface area contributed by atoms with Crippen molar-refractivity contribution < 1.29 is 9.53 Å². The smallest absolute Gasteiger partial charge is 0.321 e. The first-order valence-corrected chi connectivity index (χ1v) is 11.1. The monoisotopic (exact) mass is 417 g/mol. The minimum atomic E-state index is -0.186. The first-order valence-electron chi connectivity index (χ1n) is 11.1. The Morgan fingerprint density at radius 1 is 0.759 bits per heavy atom. The van der Waals surface area contributed by atoms with Crippen molar-refractivity contribution in [3.05, 3.63) is 0 Å². The molecule has 0 saturated heterocycles. The summed E-state index contributed by atoms with van der Waals surface area (Å²) in [7, 11) is 3.73. The van der Waals surface area contributed by atoms with Crippen molar-refractivity contribution >= 4 is 5.97 Å². The molecule has 7 N–H and O–H groups in total. The van der Waals surface area contributed by atoms with Gasteiger partial charge in [0.25, 0.3) is 0 Å². The lowest BCUT2D eigenvalue weighted by atomic mass is 10.2. The first-order chi connectivity index (χ1) is 14.0. The fourth-order valence-electron chi connectivity index (χ4n) is 2.97. The van der Waals surface area contributed by atoms with E-state index in [1.807, 2.05) is 19.0 Å². The van der Waals surface area contributed by atoms with Gasteiger partial charge < -0.3 is 32.2 Å². The zero-order valence-electron chi connectivity index (χ0n) is 18.9. The van der Waals surface area contributed by atoms with E-state index < -0.39 is 0 Å². The van der Waals surface area contributed by atoms with Gasteiger partial charge in [-0.2, -0.15) is 0 Å². The SMILES string of the molecule is CN(C)CC(=O)OCN(CCCNCCCN)CCCN(CCCN)CCCN. The molecule has 0 aromatic carbocycles. The van der Waals surface area contributed by atoms with E-state index in [2.05, 4.69) is 15.1 Å². The number of ether oxygens (including phenoxy) is 1. The predicted octanol–water partition coefficient (Wildman–Crippen LogP) is -0.931. The summed E-state index contributed by atoms with van der Waals surface area (Å²) >= 11 is 0. The van der Waals surface area contributed by atoms with Gasteiger partial charge in [0.15, 0.2) is 0 Å². The van der Waals surface area contributed by atoms with Crippen molar-refractivity contribution in [3.8, 4) is 0 Å². The number of nitrogens with two attached hydrogens (primary N) is 3. The van der Waals surface area contributed by atoms with Gasteiger partial charge in [-0.15, -0.1) is 0 Å². The largest absolute Gasteiger partial charge is 0.449 e. The van der Waals surface area contributed by atoms with Gasteiger partial charge in [0.1, 0.15) is 6.73 Å². The van der Waals surface area contributed by atoms with E-state index >= 15 is 0 Å². The molecule has 0 atom stereocenters. The lowest BCUT2D eigenvalue weighted by Crippen LogP contribution is -2.36. The summed E-state index contributed by atoms with van der Waals surface area (Å²) in [6, 6.07) is 0. The van der Waals surface area contributed by atoms with Crippen LogP contribution in [0.1, 0.15) is 32.1 Å². The van der Waals surface area contributed by atoms with Gasteiger partial charge in [0, 0.05) is 13.1 Å². The molecule has 0 aromatic heterocycles. The predicted molar refractivity (Wildman–Crippen MR) is 121 cm³/mol. The molecule has 0 aromatic rings. The Hall–Kier alpha value is -0.810. The van der Waals surface area contributed by atoms with E-state index in [9.17, 15) is 4.79 Å². The van der Waals surface area contributed by atoms with Crippen LogP contribution in [0.25, 0.3) is 0 Å². The van der Waals surface area contributed by atoms with Gasteiger partial charge in [-0.05, 0) is 98.6 Å². The Morgan fingerprint density at radius 2 is 1.28 bits per heavy atom. The van der Waals surface area contributed by atoms with Crippen molar-refractivity contribution in [2.24, 2.45) is 17.2 Å². The second kappa shape index (κ2) is 20.5. The molecule has 174 valence electrons. The van der Waals surface area contributed by atoms with E-state index in [4.69, 9.17) is 21.9 Å². The number of hydrogen-bond donors (Lipinski definition) is 4. The summed E-state index contributed by atoms with van der Waals surface area (Å²) in [5.74, 6) is -0.186. The summed E-state index contributed by atoms with van der Waals surface area (Å²) in [6.07, 6.45) is 5.05. The summed E-state index contributed by atoms with van der Waals surface area (Å²) in [6.45, 7) is 9.53. The van der Waals surface area contributed by atoms with Crippen LogP contribution >= 0.6 is 0 Å². The van der Waals surface area contributed by atoms with Crippen LogP contribution in [-0.4, -0.2) is 113 Å². The number of esters is 1. The first kappa shape index (κ1) is 28.2. The fraction of sp³-hybridized carbons (Fsp3) is 0.950. The van der Waals surface area contributed by atoms with E-state index in [1.54, 1.807) is 0 Å². The van der Waals surface area contributed by atoms with Crippen molar-refractivity contribution in [3.63, 3.8) is 0 Å². The van der Waals surface area contributed by atoms with Crippen molar-refractivity contribution in [2.75, 3.05) is 92.8 Å². The molecule has 0 bridgehead atoms. The van der Waals surface area contributed by atoms with E-state index in [1.165, 1.54) is 0 Å². The van der Waals surface area contributed by atoms with Crippen LogP contribution in [0.3, 0.4) is 0 Å². The minimum Gasteiger partial charge on any atom is -0.449 e. The lowest BCUT2D eigenvalue weighted by molar-refractivity contribution is -0.149. The average molecular weight is 418 g/mol.